The average Bonchev–Trinajstić information content (AvgIpc) is 2.98. The summed E-state index contributed by atoms with van der Waals surface area (Å²) in [7, 11) is 6.26. The van der Waals surface area contributed by atoms with Gasteiger partial charge in [0.25, 0.3) is 0 Å². The van der Waals surface area contributed by atoms with E-state index in [0.29, 0.717) is 46.4 Å². The molecule has 1 amide bonds. The summed E-state index contributed by atoms with van der Waals surface area (Å²) in [5.74, 6) is -3.02. The fraction of sp³-hybridized carbons (Fsp3) is 0.462. The Hall–Kier alpha value is -2.85. The van der Waals surface area contributed by atoms with E-state index < -0.39 is 24.1 Å². The number of carbonyl (C=O) groups excluding carboxylic acids is 2. The summed E-state index contributed by atoms with van der Waals surface area (Å²) in [4.78, 5) is 23.0. The number of quaternary nitrogens is 1. The molecule has 2 saturated heterocycles. The summed E-state index contributed by atoms with van der Waals surface area (Å²) in [5.41, 5.74) is 1.43. The molecule has 0 radical (unpaired) electrons. The molecule has 0 aromatic heterocycles. The first-order chi connectivity index (χ1) is 17.2. The smallest absolute Gasteiger partial charge is 0.430 e. The Labute approximate surface area is 218 Å². The minimum absolute atomic E-state index is 0.342. The van der Waals surface area contributed by atoms with Crippen molar-refractivity contribution in [3.63, 3.8) is 0 Å². The number of ether oxygens (including phenoxy) is 1. The number of carboxylic acids is 1. The van der Waals surface area contributed by atoms with E-state index >= 15 is 0 Å². The van der Waals surface area contributed by atoms with E-state index in [1.54, 1.807) is 43.4 Å². The number of piperidine rings is 1. The zero-order valence-electron chi connectivity index (χ0n) is 20.7. The molecule has 0 N–H and O–H groups in total. The minimum atomic E-state index is -5.19. The van der Waals surface area contributed by atoms with E-state index in [4.69, 9.17) is 26.2 Å². The van der Waals surface area contributed by atoms with Gasteiger partial charge in [0, 0.05) is 49.2 Å². The number of carboxylic acid groups (broad SMARTS) is 1. The van der Waals surface area contributed by atoms with Crippen LogP contribution in [0.25, 0.3) is 11.1 Å². The van der Waals surface area contributed by atoms with Crippen LogP contribution in [0.3, 0.4) is 0 Å². The van der Waals surface area contributed by atoms with E-state index in [1.165, 1.54) is 23.8 Å². The van der Waals surface area contributed by atoms with Crippen LogP contribution in [0.15, 0.2) is 42.5 Å². The largest absolute Gasteiger partial charge is 0.542 e. The van der Waals surface area contributed by atoms with Crippen molar-refractivity contribution in [2.24, 2.45) is 5.92 Å². The molecule has 4 rings (SSSR count). The van der Waals surface area contributed by atoms with Gasteiger partial charge in [0.05, 0.1) is 38.5 Å². The van der Waals surface area contributed by atoms with Gasteiger partial charge in [-0.15, -0.1) is 0 Å². The first kappa shape index (κ1) is 28.7. The second-order valence-corrected chi connectivity index (χ2v) is 10.4. The Kier molecular flexibility index (Phi) is 8.74. The number of hydrogen-bond donors (Lipinski definition) is 0. The Balaban J connectivity index is 0.000000479. The SMILES string of the molecule is CN(C(=O)OCC1CC2CCC(C1)[N+]2(C)C)c1cccc(F)c1-c1cccc(Cl)c1.O=C([O-])C(F)(F)F. The van der Waals surface area contributed by atoms with Crippen molar-refractivity contribution >= 4 is 29.4 Å². The van der Waals surface area contributed by atoms with Gasteiger partial charge >= 0.3 is 12.3 Å². The molecular weight excluding hydrogens is 516 g/mol. The number of benzene rings is 2. The van der Waals surface area contributed by atoms with Gasteiger partial charge < -0.3 is 19.1 Å². The van der Waals surface area contributed by atoms with Crippen molar-refractivity contribution in [1.29, 1.82) is 0 Å². The number of anilines is 1. The summed E-state index contributed by atoms with van der Waals surface area (Å²) >= 11 is 6.10. The third kappa shape index (κ3) is 6.73. The lowest BCUT2D eigenvalue weighted by molar-refractivity contribution is -0.931. The van der Waals surface area contributed by atoms with Gasteiger partial charge in [0.15, 0.2) is 0 Å². The molecule has 37 heavy (non-hydrogen) atoms. The number of halogens is 5. The molecule has 202 valence electrons. The van der Waals surface area contributed by atoms with E-state index in [1.807, 2.05) is 0 Å². The lowest BCUT2D eigenvalue weighted by atomic mass is 9.90. The van der Waals surface area contributed by atoms with Crippen LogP contribution in [0.5, 0.6) is 0 Å². The van der Waals surface area contributed by atoms with Crippen LogP contribution in [0.4, 0.5) is 28.0 Å². The maximum atomic E-state index is 14.7. The third-order valence-electron chi connectivity index (χ3n) is 7.34. The highest BCUT2D eigenvalue weighted by atomic mass is 35.5. The molecule has 2 bridgehead atoms. The van der Waals surface area contributed by atoms with Crippen molar-refractivity contribution in [2.45, 2.75) is 43.9 Å². The highest BCUT2D eigenvalue weighted by Crippen LogP contribution is 2.42. The summed E-state index contributed by atoms with van der Waals surface area (Å²) in [6, 6.07) is 13.0. The Bertz CT molecular complexity index is 1130. The van der Waals surface area contributed by atoms with E-state index in [-0.39, 0.29) is 0 Å². The standard InChI is InChI=1S/C24H29ClFN2O2.C2HF3O2/c1-27(22-9-5-8-21(26)23(22)17-6-4-7-18(25)14-17)24(29)30-15-16-12-19-10-11-20(13-16)28(19,2)3;3-2(4,5)1(6)7/h4-9,14,16,19-20H,10-13,15H2,1-3H3;(H,6,7)/q+1;/p-1. The molecule has 2 aliphatic heterocycles. The van der Waals surface area contributed by atoms with Crippen LogP contribution in [-0.4, -0.2) is 62.6 Å². The van der Waals surface area contributed by atoms with E-state index in [9.17, 15) is 22.4 Å². The molecule has 0 spiro atoms. The van der Waals surface area contributed by atoms with Gasteiger partial charge in [-0.2, -0.15) is 13.2 Å². The van der Waals surface area contributed by atoms with Crippen LogP contribution in [0, 0.1) is 11.7 Å². The molecule has 2 aromatic rings. The van der Waals surface area contributed by atoms with Crippen molar-refractivity contribution < 1.29 is 41.5 Å². The molecule has 2 aromatic carbocycles. The molecule has 2 aliphatic rings. The van der Waals surface area contributed by atoms with E-state index in [2.05, 4.69) is 14.1 Å². The monoisotopic (exact) mass is 544 g/mol. The van der Waals surface area contributed by atoms with Crippen LogP contribution < -0.4 is 10.0 Å². The fourth-order valence-corrected chi connectivity index (χ4v) is 5.43. The Morgan fingerprint density at radius 1 is 1.11 bits per heavy atom. The molecule has 2 heterocycles. The first-order valence-electron chi connectivity index (χ1n) is 11.8. The Morgan fingerprint density at radius 3 is 2.22 bits per heavy atom. The summed E-state index contributed by atoms with van der Waals surface area (Å²) in [5, 5.41) is 9.30. The van der Waals surface area contributed by atoms with E-state index in [0.717, 1.165) is 17.3 Å². The van der Waals surface area contributed by atoms with Gasteiger partial charge in [-0.05, 0) is 29.8 Å². The summed E-state index contributed by atoms with van der Waals surface area (Å²) in [6.45, 7) is 0.415. The van der Waals surface area contributed by atoms with Gasteiger partial charge in [-0.3, -0.25) is 4.90 Å². The second kappa shape index (κ2) is 11.3. The lowest BCUT2D eigenvalue weighted by Gasteiger charge is -2.44. The molecule has 2 atom stereocenters. The summed E-state index contributed by atoms with van der Waals surface area (Å²) < 4.78 is 53.0. The lowest BCUT2D eigenvalue weighted by Crippen LogP contribution is -2.55. The molecule has 0 aliphatic carbocycles. The normalized spacial score (nSPS) is 22.0. The molecule has 2 fully saturated rings. The average molecular weight is 545 g/mol. The van der Waals surface area contributed by atoms with Crippen LogP contribution in [0.2, 0.25) is 5.02 Å². The maximum Gasteiger partial charge on any atom is 0.430 e. The van der Waals surface area contributed by atoms with Gasteiger partial charge in [-0.25, -0.2) is 9.18 Å². The second-order valence-electron chi connectivity index (χ2n) is 9.92. The number of amides is 1. The quantitative estimate of drug-likeness (QED) is 0.400. The maximum absolute atomic E-state index is 14.7. The molecule has 2 unspecified atom stereocenters. The molecular formula is C26H29ClF4N2O4. The zero-order chi connectivity index (χ0) is 27.5. The van der Waals surface area contributed by atoms with Crippen molar-refractivity contribution in [3.8, 4) is 11.1 Å². The first-order valence-corrected chi connectivity index (χ1v) is 12.2. The summed E-state index contributed by atoms with van der Waals surface area (Å²) in [6.07, 6.45) is -0.957. The van der Waals surface area contributed by atoms with Crippen molar-refractivity contribution in [1.82, 2.24) is 0 Å². The van der Waals surface area contributed by atoms with Crippen molar-refractivity contribution in [2.75, 3.05) is 32.6 Å². The number of carbonyl (C=O) groups is 2. The van der Waals surface area contributed by atoms with Crippen LogP contribution in [0.1, 0.15) is 25.7 Å². The number of alkyl halides is 3. The molecule has 6 nitrogen and oxygen atoms in total. The highest BCUT2D eigenvalue weighted by molar-refractivity contribution is 6.30. The van der Waals surface area contributed by atoms with Crippen molar-refractivity contribution in [3.05, 3.63) is 53.3 Å². The minimum Gasteiger partial charge on any atom is -0.542 e. The number of hydrogen-bond acceptors (Lipinski definition) is 4. The predicted molar refractivity (Wildman–Crippen MR) is 129 cm³/mol. The zero-order valence-corrected chi connectivity index (χ0v) is 21.5. The van der Waals surface area contributed by atoms with Gasteiger partial charge in [0.2, 0.25) is 0 Å². The number of rotatable bonds is 4. The van der Waals surface area contributed by atoms with Crippen LogP contribution in [-0.2, 0) is 9.53 Å². The highest BCUT2D eigenvalue weighted by Gasteiger charge is 2.49. The number of nitrogens with zero attached hydrogens (tertiary/aromatic N) is 2. The van der Waals surface area contributed by atoms with Gasteiger partial charge in [0.1, 0.15) is 11.8 Å². The van der Waals surface area contributed by atoms with Crippen LogP contribution >= 0.6 is 11.6 Å². The fourth-order valence-electron chi connectivity index (χ4n) is 5.24. The topological polar surface area (TPSA) is 69.7 Å². The third-order valence-corrected chi connectivity index (χ3v) is 7.58. The number of aliphatic carboxylic acids is 1. The molecule has 0 saturated carbocycles. The predicted octanol–water partition coefficient (Wildman–Crippen LogP) is 5.03. The van der Waals surface area contributed by atoms with Gasteiger partial charge in [-0.1, -0.05) is 29.8 Å². The Morgan fingerprint density at radius 2 is 1.68 bits per heavy atom. The molecule has 11 heteroatoms. The number of fused-ring (bicyclic) bond motifs is 2.